The third-order valence-electron chi connectivity index (χ3n) is 6.26. The largest absolute Gasteiger partial charge is 0.493 e. The van der Waals surface area contributed by atoms with E-state index in [0.717, 1.165) is 52.9 Å². The maximum atomic E-state index is 10.3. The van der Waals surface area contributed by atoms with Crippen LogP contribution in [0.3, 0.4) is 0 Å². The van der Waals surface area contributed by atoms with Crippen LogP contribution in [0.25, 0.3) is 11.0 Å². The van der Waals surface area contributed by atoms with Crippen molar-refractivity contribution < 1.29 is 14.6 Å². The summed E-state index contributed by atoms with van der Waals surface area (Å²) in [6, 6.07) is 10.4. The van der Waals surface area contributed by atoms with Crippen LogP contribution in [0.1, 0.15) is 48.8 Å². The topological polar surface area (TPSA) is 81.8 Å². The SMILES string of the molecule is CCOc1cc2c(cc1OC)C(c1ccc3c(c1)nnn3C)=NC1CCC(O)CC21. The average molecular weight is 406 g/mol. The summed E-state index contributed by atoms with van der Waals surface area (Å²) in [5.41, 5.74) is 5.99. The van der Waals surface area contributed by atoms with Gasteiger partial charge in [0.1, 0.15) is 5.52 Å². The molecule has 0 spiro atoms. The van der Waals surface area contributed by atoms with Crippen molar-refractivity contribution in [2.75, 3.05) is 13.7 Å². The van der Waals surface area contributed by atoms with Gasteiger partial charge in [-0.15, -0.1) is 5.10 Å². The second-order valence-corrected chi connectivity index (χ2v) is 8.06. The van der Waals surface area contributed by atoms with Gasteiger partial charge in [0.25, 0.3) is 0 Å². The molecule has 7 heteroatoms. The molecule has 2 aromatic carbocycles. The molecule has 1 aromatic heterocycles. The van der Waals surface area contributed by atoms with E-state index in [2.05, 4.69) is 22.4 Å². The van der Waals surface area contributed by atoms with Crippen LogP contribution in [0.2, 0.25) is 0 Å². The van der Waals surface area contributed by atoms with E-state index in [0.29, 0.717) is 12.4 Å². The summed E-state index contributed by atoms with van der Waals surface area (Å²) in [5, 5.41) is 18.7. The van der Waals surface area contributed by atoms with E-state index in [1.54, 1.807) is 11.8 Å². The first-order valence-corrected chi connectivity index (χ1v) is 10.5. The summed E-state index contributed by atoms with van der Waals surface area (Å²) in [7, 11) is 3.54. The van der Waals surface area contributed by atoms with Gasteiger partial charge in [0.15, 0.2) is 11.5 Å². The molecule has 0 saturated heterocycles. The standard InChI is InChI=1S/C23H26N4O3/c1-4-30-22-11-15-16-10-14(28)6-7-18(16)24-23(17(15)12-21(22)29-3)13-5-8-20-19(9-13)25-26-27(20)2/h5,8-9,11-12,14,16,18,28H,4,6-7,10H2,1-3H3. The van der Waals surface area contributed by atoms with Crippen LogP contribution in [0, 0.1) is 0 Å². The van der Waals surface area contributed by atoms with Crippen LogP contribution < -0.4 is 9.47 Å². The lowest BCUT2D eigenvalue weighted by atomic mass is 9.74. The minimum atomic E-state index is -0.288. The summed E-state index contributed by atoms with van der Waals surface area (Å²) < 4.78 is 13.2. The van der Waals surface area contributed by atoms with Crippen molar-refractivity contribution in [3.63, 3.8) is 0 Å². The third kappa shape index (κ3) is 3.04. The summed E-state index contributed by atoms with van der Waals surface area (Å²) >= 11 is 0. The van der Waals surface area contributed by atoms with Crippen molar-refractivity contribution in [3.8, 4) is 11.5 Å². The highest BCUT2D eigenvalue weighted by Gasteiger charge is 2.37. The van der Waals surface area contributed by atoms with Crippen molar-refractivity contribution >= 4 is 16.7 Å². The van der Waals surface area contributed by atoms with Crippen LogP contribution in [-0.4, -0.2) is 51.7 Å². The predicted octanol–water partition coefficient (Wildman–Crippen LogP) is 3.22. The molecule has 1 aliphatic heterocycles. The van der Waals surface area contributed by atoms with Crippen molar-refractivity contribution in [1.82, 2.24) is 15.0 Å². The Bertz CT molecular complexity index is 1140. The van der Waals surface area contributed by atoms with E-state index in [1.807, 2.05) is 32.2 Å². The van der Waals surface area contributed by atoms with Gasteiger partial charge in [-0.05, 0) is 56.0 Å². The fourth-order valence-corrected chi connectivity index (χ4v) is 4.79. The average Bonchev–Trinajstić information content (AvgIpc) is 3.13. The maximum Gasteiger partial charge on any atom is 0.161 e. The number of hydrogen-bond acceptors (Lipinski definition) is 6. The molecule has 5 rings (SSSR count). The van der Waals surface area contributed by atoms with Gasteiger partial charge in [-0.2, -0.15) is 0 Å². The van der Waals surface area contributed by atoms with Crippen LogP contribution in [-0.2, 0) is 7.05 Å². The Labute approximate surface area is 175 Å². The van der Waals surface area contributed by atoms with Crippen LogP contribution >= 0.6 is 0 Å². The second kappa shape index (κ2) is 7.40. The van der Waals surface area contributed by atoms with Crippen molar-refractivity contribution in [2.24, 2.45) is 12.0 Å². The quantitative estimate of drug-likeness (QED) is 0.719. The van der Waals surface area contributed by atoms with Gasteiger partial charge >= 0.3 is 0 Å². The maximum absolute atomic E-state index is 10.3. The molecule has 3 aromatic rings. The smallest absolute Gasteiger partial charge is 0.161 e. The minimum absolute atomic E-state index is 0.149. The van der Waals surface area contributed by atoms with Gasteiger partial charge in [0.2, 0.25) is 0 Å². The summed E-state index contributed by atoms with van der Waals surface area (Å²) in [5.74, 6) is 1.61. The molecule has 2 heterocycles. The lowest BCUT2D eigenvalue weighted by molar-refractivity contribution is 0.111. The molecule has 0 radical (unpaired) electrons. The molecule has 1 saturated carbocycles. The molecule has 30 heavy (non-hydrogen) atoms. The van der Waals surface area contributed by atoms with Gasteiger partial charge in [-0.25, -0.2) is 4.68 Å². The Morgan fingerprint density at radius 3 is 2.83 bits per heavy atom. The molecule has 1 fully saturated rings. The zero-order chi connectivity index (χ0) is 20.8. The van der Waals surface area contributed by atoms with E-state index in [-0.39, 0.29) is 18.1 Å². The van der Waals surface area contributed by atoms with Gasteiger partial charge in [0.05, 0.1) is 37.1 Å². The molecular formula is C23H26N4O3. The highest BCUT2D eigenvalue weighted by molar-refractivity contribution is 6.16. The summed E-state index contributed by atoms with van der Waals surface area (Å²) in [6.45, 7) is 2.53. The molecule has 2 aliphatic rings. The first-order chi connectivity index (χ1) is 14.6. The molecule has 1 N–H and O–H groups in total. The first-order valence-electron chi connectivity index (χ1n) is 10.5. The van der Waals surface area contributed by atoms with Crippen LogP contribution in [0.4, 0.5) is 0 Å². The number of ether oxygens (including phenoxy) is 2. The molecule has 7 nitrogen and oxygen atoms in total. The number of aliphatic imine (C=N–C) groups is 1. The lowest BCUT2D eigenvalue weighted by Crippen LogP contribution is -2.34. The van der Waals surface area contributed by atoms with Crippen molar-refractivity contribution in [2.45, 2.75) is 44.2 Å². The van der Waals surface area contributed by atoms with Crippen LogP contribution in [0.5, 0.6) is 11.5 Å². The van der Waals surface area contributed by atoms with E-state index < -0.39 is 0 Å². The Hall–Kier alpha value is -2.93. The lowest BCUT2D eigenvalue weighted by Gasteiger charge is -2.37. The van der Waals surface area contributed by atoms with Gasteiger partial charge in [-0.3, -0.25) is 4.99 Å². The molecule has 3 atom stereocenters. The number of aryl methyl sites for hydroxylation is 1. The molecule has 1 aliphatic carbocycles. The van der Waals surface area contributed by atoms with Gasteiger partial charge in [0, 0.05) is 24.1 Å². The fourth-order valence-electron chi connectivity index (χ4n) is 4.79. The Morgan fingerprint density at radius 1 is 1.17 bits per heavy atom. The number of fused-ring (bicyclic) bond motifs is 4. The number of aliphatic hydroxyl groups excluding tert-OH is 1. The van der Waals surface area contributed by atoms with E-state index in [4.69, 9.17) is 14.5 Å². The number of rotatable bonds is 4. The number of hydrogen-bond donors (Lipinski definition) is 1. The number of benzene rings is 2. The number of aliphatic hydroxyl groups is 1. The van der Waals surface area contributed by atoms with Crippen molar-refractivity contribution in [1.29, 1.82) is 0 Å². The van der Waals surface area contributed by atoms with Crippen LogP contribution in [0.15, 0.2) is 35.3 Å². The van der Waals surface area contributed by atoms with E-state index in [1.165, 1.54) is 5.56 Å². The number of methoxy groups -OCH3 is 1. The van der Waals surface area contributed by atoms with Gasteiger partial charge < -0.3 is 14.6 Å². The third-order valence-corrected chi connectivity index (χ3v) is 6.26. The summed E-state index contributed by atoms with van der Waals surface area (Å²) in [4.78, 5) is 5.17. The number of aromatic nitrogens is 3. The molecule has 0 amide bonds. The Balaban J connectivity index is 1.69. The van der Waals surface area contributed by atoms with Crippen molar-refractivity contribution in [3.05, 3.63) is 47.0 Å². The Kier molecular flexibility index (Phi) is 4.70. The molecule has 156 valence electrons. The molecular weight excluding hydrogens is 380 g/mol. The molecule has 3 unspecified atom stereocenters. The van der Waals surface area contributed by atoms with Gasteiger partial charge in [-0.1, -0.05) is 11.3 Å². The second-order valence-electron chi connectivity index (χ2n) is 8.06. The molecule has 0 bridgehead atoms. The van der Waals surface area contributed by atoms with E-state index >= 15 is 0 Å². The monoisotopic (exact) mass is 406 g/mol. The highest BCUT2D eigenvalue weighted by Crippen LogP contribution is 2.45. The fraction of sp³-hybridized carbons (Fsp3) is 0.435. The predicted molar refractivity (Wildman–Crippen MR) is 115 cm³/mol. The minimum Gasteiger partial charge on any atom is -0.493 e. The zero-order valence-electron chi connectivity index (χ0n) is 17.5. The van der Waals surface area contributed by atoms with E-state index in [9.17, 15) is 5.11 Å². The normalized spacial score (nSPS) is 22.9. The summed E-state index contributed by atoms with van der Waals surface area (Å²) in [6.07, 6.45) is 2.09. The number of nitrogens with zero attached hydrogens (tertiary/aromatic N) is 4. The first kappa shape index (κ1) is 19.1. The zero-order valence-corrected chi connectivity index (χ0v) is 17.5. The Morgan fingerprint density at radius 2 is 2.03 bits per heavy atom. The highest BCUT2D eigenvalue weighted by atomic mass is 16.5.